The number of carbonyl (C=O) groups excluding carboxylic acids is 1. The smallest absolute Gasteiger partial charge is 0.416 e. The molecule has 1 heterocycles. The molecule has 0 saturated carbocycles. The molecule has 1 amide bonds. The van der Waals surface area contributed by atoms with E-state index in [0.717, 1.165) is 0 Å². The highest BCUT2D eigenvalue weighted by atomic mass is 79.9. The van der Waals surface area contributed by atoms with E-state index in [1.807, 2.05) is 0 Å². The second kappa shape index (κ2) is 15.2. The fraction of sp³-hybridized carbons (Fsp3) is 0.257. The molecule has 0 aromatic heterocycles. The molecule has 15 heteroatoms. The monoisotopic (exact) mass is 802 g/mol. The number of hydrogen-bond donors (Lipinski definition) is 2. The predicted molar refractivity (Wildman–Crippen MR) is 179 cm³/mol. The molecule has 0 bridgehead atoms. The van der Waals surface area contributed by atoms with Crippen molar-refractivity contribution in [2.24, 2.45) is 4.99 Å². The third-order valence-corrected chi connectivity index (χ3v) is 9.13. The highest BCUT2D eigenvalue weighted by molar-refractivity contribution is 9.10. The van der Waals surface area contributed by atoms with Crippen LogP contribution in [0.5, 0.6) is 5.75 Å². The first-order valence-corrected chi connectivity index (χ1v) is 16.5. The Balaban J connectivity index is 1.61. The van der Waals surface area contributed by atoms with Gasteiger partial charge in [0.05, 0.1) is 17.7 Å². The summed E-state index contributed by atoms with van der Waals surface area (Å²) in [5.41, 5.74) is -4.02. The van der Waals surface area contributed by atoms with Gasteiger partial charge < -0.3 is 19.9 Å². The third-order valence-electron chi connectivity index (χ3n) is 7.79. The fourth-order valence-electron chi connectivity index (χ4n) is 5.36. The largest absolute Gasteiger partial charge is 0.494 e. The van der Waals surface area contributed by atoms with Crippen LogP contribution in [0.3, 0.4) is 0 Å². The maximum atomic E-state index is 14.5. The summed E-state index contributed by atoms with van der Waals surface area (Å²) in [6.45, 7) is -0.471. The lowest BCUT2D eigenvalue weighted by atomic mass is 9.82. The molecule has 0 spiro atoms. The first kappa shape index (κ1) is 37.5. The van der Waals surface area contributed by atoms with Gasteiger partial charge in [0.1, 0.15) is 5.75 Å². The molecular weight excluding hydrogens is 777 g/mol. The van der Waals surface area contributed by atoms with E-state index < -0.39 is 53.1 Å². The number of aliphatic hydroxyl groups excluding tert-OH is 1. The SMILES string of the molecule is O=C(NCc1cc(C(F)(F)F)cc(C(F)(F)F)c1)[C@]1(Cc2ccccc2Br)N=C(c2ccc(OCCCO)cc2)O[C@@H]1c1ccc(Cl)cc1Cl. The van der Waals surface area contributed by atoms with Crippen molar-refractivity contribution in [1.82, 2.24) is 5.32 Å². The second-order valence-electron chi connectivity index (χ2n) is 11.3. The molecule has 0 radical (unpaired) electrons. The Labute approximate surface area is 301 Å². The van der Waals surface area contributed by atoms with E-state index in [1.165, 1.54) is 12.1 Å². The summed E-state index contributed by atoms with van der Waals surface area (Å²) in [5.74, 6) is -0.340. The maximum Gasteiger partial charge on any atom is 0.416 e. The number of aliphatic imine (C=N–C) groups is 1. The lowest BCUT2D eigenvalue weighted by Crippen LogP contribution is -2.49. The zero-order valence-electron chi connectivity index (χ0n) is 25.7. The molecule has 2 N–H and O–H groups in total. The van der Waals surface area contributed by atoms with E-state index in [9.17, 15) is 31.1 Å². The van der Waals surface area contributed by atoms with E-state index in [2.05, 4.69) is 21.2 Å². The van der Waals surface area contributed by atoms with Crippen LogP contribution in [-0.4, -0.2) is 35.7 Å². The van der Waals surface area contributed by atoms with Crippen molar-refractivity contribution in [3.63, 3.8) is 0 Å². The van der Waals surface area contributed by atoms with Crippen LogP contribution in [0.2, 0.25) is 10.0 Å². The minimum atomic E-state index is -5.07. The van der Waals surface area contributed by atoms with Gasteiger partial charge in [-0.3, -0.25) is 4.79 Å². The van der Waals surface area contributed by atoms with Crippen LogP contribution in [0.4, 0.5) is 26.3 Å². The van der Waals surface area contributed by atoms with E-state index >= 15 is 0 Å². The van der Waals surface area contributed by atoms with Crippen LogP contribution in [0.25, 0.3) is 0 Å². The number of hydrogen-bond acceptors (Lipinski definition) is 5. The molecule has 4 aromatic rings. The zero-order chi connectivity index (χ0) is 36.3. The van der Waals surface area contributed by atoms with Gasteiger partial charge in [-0.2, -0.15) is 26.3 Å². The van der Waals surface area contributed by atoms with Crippen LogP contribution >= 0.6 is 39.1 Å². The minimum absolute atomic E-state index is 0.0165. The second-order valence-corrected chi connectivity index (χ2v) is 13.0. The average Bonchev–Trinajstić information content (AvgIpc) is 3.44. The van der Waals surface area contributed by atoms with E-state index in [0.29, 0.717) is 50.5 Å². The number of carbonyl (C=O) groups is 1. The van der Waals surface area contributed by atoms with Gasteiger partial charge in [0.15, 0.2) is 11.6 Å². The normalized spacial score (nSPS) is 17.6. The van der Waals surface area contributed by atoms with Crippen molar-refractivity contribution in [2.45, 2.75) is 43.4 Å². The summed E-state index contributed by atoms with van der Waals surface area (Å²) in [4.78, 5) is 19.3. The van der Waals surface area contributed by atoms with Gasteiger partial charge in [0.25, 0.3) is 5.91 Å². The number of rotatable bonds is 11. The third kappa shape index (κ3) is 8.56. The molecule has 264 valence electrons. The van der Waals surface area contributed by atoms with Crippen molar-refractivity contribution in [3.8, 4) is 5.75 Å². The van der Waals surface area contributed by atoms with Crippen LogP contribution in [0.1, 0.15) is 45.9 Å². The zero-order valence-corrected chi connectivity index (χ0v) is 28.8. The van der Waals surface area contributed by atoms with E-state index in [4.69, 9.17) is 42.8 Å². The molecule has 0 fully saturated rings. The Morgan fingerprint density at radius 1 is 0.940 bits per heavy atom. The number of alkyl halides is 6. The van der Waals surface area contributed by atoms with E-state index in [-0.39, 0.29) is 36.6 Å². The number of benzene rings is 4. The van der Waals surface area contributed by atoms with Crippen molar-refractivity contribution >= 4 is 50.9 Å². The molecule has 1 aliphatic heterocycles. The molecule has 1 aliphatic rings. The van der Waals surface area contributed by atoms with Crippen molar-refractivity contribution in [2.75, 3.05) is 13.2 Å². The van der Waals surface area contributed by atoms with Gasteiger partial charge in [-0.15, -0.1) is 0 Å². The van der Waals surface area contributed by atoms with Crippen LogP contribution in [0, 0.1) is 0 Å². The number of aliphatic hydroxyl groups is 1. The standard InChI is InChI=1S/C35H27BrCl2F6N2O4/c36-28-5-2-1-4-22(28)18-33(32(48)45-19-20-14-23(34(39,40)41)16-24(15-20)35(42,43)44)30(27-11-8-25(37)17-29(27)38)50-31(46-33)21-6-9-26(10-7-21)49-13-3-12-47/h1-2,4-11,14-17,30,47H,3,12-13,18-19H2,(H,45,48)/t30-,33-/m1/s1. The Morgan fingerprint density at radius 3 is 2.20 bits per heavy atom. The van der Waals surface area contributed by atoms with Crippen molar-refractivity contribution in [1.29, 1.82) is 0 Å². The summed E-state index contributed by atoms with van der Waals surface area (Å²) >= 11 is 16.3. The molecule has 6 nitrogen and oxygen atoms in total. The maximum absolute atomic E-state index is 14.5. The molecule has 0 unspecified atom stereocenters. The Bertz CT molecular complexity index is 1860. The molecule has 4 aromatic carbocycles. The summed E-state index contributed by atoms with van der Waals surface area (Å²) < 4.78 is 94.2. The Kier molecular flexibility index (Phi) is 11.4. The first-order valence-electron chi connectivity index (χ1n) is 15.0. The predicted octanol–water partition coefficient (Wildman–Crippen LogP) is 9.37. The van der Waals surface area contributed by atoms with Gasteiger partial charge in [-0.05, 0) is 71.8 Å². The Hall–Kier alpha value is -3.78. The van der Waals surface area contributed by atoms with E-state index in [1.54, 1.807) is 54.6 Å². The summed E-state index contributed by atoms with van der Waals surface area (Å²) in [5, 5.41) is 12.0. The minimum Gasteiger partial charge on any atom is -0.494 e. The molecule has 0 saturated heterocycles. The molecule has 0 aliphatic carbocycles. The number of halogens is 9. The van der Waals surface area contributed by atoms with Gasteiger partial charge >= 0.3 is 12.4 Å². The first-order chi connectivity index (χ1) is 23.6. The fourth-order valence-corrected chi connectivity index (χ4v) is 6.29. The van der Waals surface area contributed by atoms with Crippen molar-refractivity contribution in [3.05, 3.63) is 133 Å². The van der Waals surface area contributed by atoms with Crippen molar-refractivity contribution < 1.29 is 45.7 Å². The number of nitrogens with zero attached hydrogens (tertiary/aromatic N) is 1. The van der Waals surface area contributed by atoms with Gasteiger partial charge in [0, 0.05) is 51.6 Å². The van der Waals surface area contributed by atoms with Gasteiger partial charge in [-0.25, -0.2) is 4.99 Å². The molecule has 2 atom stereocenters. The number of amides is 1. The summed E-state index contributed by atoms with van der Waals surface area (Å²) in [6, 6.07) is 19.2. The summed E-state index contributed by atoms with van der Waals surface area (Å²) in [7, 11) is 0. The van der Waals surface area contributed by atoms with Gasteiger partial charge in [-0.1, -0.05) is 63.4 Å². The molecule has 5 rings (SSSR count). The highest BCUT2D eigenvalue weighted by Crippen LogP contribution is 2.46. The quantitative estimate of drug-likeness (QED) is 0.117. The average molecular weight is 804 g/mol. The topological polar surface area (TPSA) is 80.2 Å². The Morgan fingerprint density at radius 2 is 1.60 bits per heavy atom. The summed E-state index contributed by atoms with van der Waals surface area (Å²) in [6.07, 6.45) is -11.1. The lowest BCUT2D eigenvalue weighted by molar-refractivity contribution is -0.143. The lowest BCUT2D eigenvalue weighted by Gasteiger charge is -2.31. The van der Waals surface area contributed by atoms with Crippen LogP contribution < -0.4 is 10.1 Å². The highest BCUT2D eigenvalue weighted by Gasteiger charge is 2.54. The molecule has 50 heavy (non-hydrogen) atoms. The number of nitrogens with one attached hydrogen (secondary N) is 1. The molecular formula is C35H27BrCl2F6N2O4. The van der Waals surface area contributed by atoms with Crippen LogP contribution in [0.15, 0.2) is 94.4 Å². The number of ether oxygens (including phenoxy) is 2. The van der Waals surface area contributed by atoms with Gasteiger partial charge in [0.2, 0.25) is 5.90 Å². The van der Waals surface area contributed by atoms with Crippen LogP contribution in [-0.2, 0) is 34.8 Å².